The topological polar surface area (TPSA) is 29.3 Å². The highest BCUT2D eigenvalue weighted by atomic mass is 35.5. The Bertz CT molecular complexity index is 326. The Morgan fingerprint density at radius 2 is 2.47 bits per heavy atom. The molecule has 0 N–H and O–H groups in total. The Morgan fingerprint density at radius 1 is 1.67 bits per heavy atom. The van der Waals surface area contributed by atoms with Gasteiger partial charge >= 0.3 is 0 Å². The third-order valence-corrected chi connectivity index (χ3v) is 3.50. The van der Waals surface area contributed by atoms with Crippen molar-refractivity contribution in [2.75, 3.05) is 11.4 Å². The van der Waals surface area contributed by atoms with Gasteiger partial charge in [-0.2, -0.15) is 4.98 Å². The van der Waals surface area contributed by atoms with Gasteiger partial charge in [0.05, 0.1) is 11.6 Å². The van der Waals surface area contributed by atoms with Crippen molar-refractivity contribution in [2.45, 2.75) is 38.6 Å². The fraction of sp³-hybridized carbons (Fsp3) is 0.727. The number of hydrogen-bond acceptors (Lipinski definition) is 3. The lowest BCUT2D eigenvalue weighted by atomic mass is 10.0. The van der Waals surface area contributed by atoms with Gasteiger partial charge in [0.25, 0.3) is 6.01 Å². The Balaban J connectivity index is 2.16. The molecule has 1 saturated heterocycles. The van der Waals surface area contributed by atoms with Crippen molar-refractivity contribution in [3.8, 4) is 0 Å². The van der Waals surface area contributed by atoms with Gasteiger partial charge in [-0.25, -0.2) is 0 Å². The van der Waals surface area contributed by atoms with Crippen molar-refractivity contribution in [1.29, 1.82) is 0 Å². The van der Waals surface area contributed by atoms with Gasteiger partial charge in [0.2, 0.25) is 0 Å². The molecule has 1 aromatic rings. The zero-order valence-electron chi connectivity index (χ0n) is 9.24. The van der Waals surface area contributed by atoms with Crippen molar-refractivity contribution in [3.63, 3.8) is 0 Å². The van der Waals surface area contributed by atoms with E-state index in [4.69, 9.17) is 16.0 Å². The number of nitrogens with zero attached hydrogens (tertiary/aromatic N) is 2. The van der Waals surface area contributed by atoms with Crippen LogP contribution in [0.1, 0.15) is 32.4 Å². The van der Waals surface area contributed by atoms with Crippen molar-refractivity contribution in [2.24, 2.45) is 5.92 Å². The van der Waals surface area contributed by atoms with E-state index >= 15 is 0 Å². The summed E-state index contributed by atoms with van der Waals surface area (Å²) in [7, 11) is 0. The number of rotatable bonds is 3. The van der Waals surface area contributed by atoms with Crippen molar-refractivity contribution < 1.29 is 4.42 Å². The van der Waals surface area contributed by atoms with Crippen molar-refractivity contribution in [1.82, 2.24) is 4.98 Å². The predicted octanol–water partition coefficient (Wildman–Crippen LogP) is 3.04. The minimum Gasteiger partial charge on any atom is -0.432 e. The minimum atomic E-state index is 0.420. The lowest BCUT2D eigenvalue weighted by molar-refractivity contribution is 0.466. The Hall–Kier alpha value is -0.700. The molecule has 0 bridgehead atoms. The summed E-state index contributed by atoms with van der Waals surface area (Å²) in [6, 6.07) is 1.30. The summed E-state index contributed by atoms with van der Waals surface area (Å²) in [4.78, 5) is 6.64. The Kier molecular flexibility index (Phi) is 3.19. The molecule has 0 spiro atoms. The van der Waals surface area contributed by atoms with Crippen LogP contribution in [0.5, 0.6) is 0 Å². The van der Waals surface area contributed by atoms with Crippen molar-refractivity contribution >= 4 is 17.6 Å². The zero-order valence-corrected chi connectivity index (χ0v) is 10.00. The zero-order chi connectivity index (χ0) is 10.8. The Morgan fingerprint density at radius 3 is 3.07 bits per heavy atom. The van der Waals surface area contributed by atoms with Crippen molar-refractivity contribution in [3.05, 3.63) is 12.0 Å². The highest BCUT2D eigenvalue weighted by Gasteiger charge is 2.32. The molecule has 15 heavy (non-hydrogen) atoms. The summed E-state index contributed by atoms with van der Waals surface area (Å²) in [6.07, 6.45) is 4.01. The lowest BCUT2D eigenvalue weighted by Crippen LogP contribution is -2.31. The van der Waals surface area contributed by atoms with Crippen LogP contribution in [-0.4, -0.2) is 17.6 Å². The third-order valence-electron chi connectivity index (χ3n) is 3.22. The predicted molar refractivity (Wildman–Crippen MR) is 61.3 cm³/mol. The molecule has 1 aromatic heterocycles. The Labute approximate surface area is 95.4 Å². The highest BCUT2D eigenvalue weighted by molar-refractivity contribution is 6.16. The van der Waals surface area contributed by atoms with Crippen LogP contribution in [0.15, 0.2) is 10.7 Å². The molecule has 2 atom stereocenters. The highest BCUT2D eigenvalue weighted by Crippen LogP contribution is 2.30. The fourth-order valence-electron chi connectivity index (χ4n) is 2.36. The van der Waals surface area contributed by atoms with E-state index in [2.05, 4.69) is 23.7 Å². The van der Waals surface area contributed by atoms with Gasteiger partial charge in [-0.05, 0) is 18.8 Å². The van der Waals surface area contributed by atoms with E-state index in [1.807, 2.05) is 0 Å². The van der Waals surface area contributed by atoms with Crippen LogP contribution in [0.25, 0.3) is 0 Å². The molecule has 1 aliphatic rings. The molecule has 0 amide bonds. The molecule has 0 aliphatic carbocycles. The van der Waals surface area contributed by atoms with E-state index in [9.17, 15) is 0 Å². The molecular formula is C11H17ClN2O. The average molecular weight is 229 g/mol. The standard InChI is InChI=1S/C11H17ClN2O/c1-3-10-8(2)4-5-14(10)11-13-9(6-12)7-15-11/h7-8,10H,3-6H2,1-2H3. The molecule has 2 heterocycles. The van der Waals surface area contributed by atoms with Crippen LogP contribution >= 0.6 is 11.6 Å². The molecule has 2 unspecified atom stereocenters. The maximum Gasteiger partial charge on any atom is 0.297 e. The van der Waals surface area contributed by atoms with Gasteiger partial charge in [0.15, 0.2) is 0 Å². The van der Waals surface area contributed by atoms with E-state index in [-0.39, 0.29) is 0 Å². The molecular weight excluding hydrogens is 212 g/mol. The third kappa shape index (κ3) is 1.98. The summed E-state index contributed by atoms with van der Waals surface area (Å²) in [5, 5.41) is 0. The number of anilines is 1. The minimum absolute atomic E-state index is 0.420. The molecule has 1 aliphatic heterocycles. The van der Waals surface area contributed by atoms with E-state index in [1.165, 1.54) is 6.42 Å². The average Bonchev–Trinajstić information content (AvgIpc) is 2.83. The molecule has 4 heteroatoms. The molecule has 3 nitrogen and oxygen atoms in total. The molecule has 0 saturated carbocycles. The molecule has 1 fully saturated rings. The maximum atomic E-state index is 5.70. The van der Waals surface area contributed by atoms with Gasteiger partial charge in [-0.15, -0.1) is 11.6 Å². The smallest absolute Gasteiger partial charge is 0.297 e. The van der Waals surface area contributed by atoms with Gasteiger partial charge < -0.3 is 9.32 Å². The molecule has 2 rings (SSSR count). The van der Waals surface area contributed by atoms with Gasteiger partial charge in [0.1, 0.15) is 6.26 Å². The van der Waals surface area contributed by atoms with Gasteiger partial charge in [0, 0.05) is 12.6 Å². The first-order valence-corrected chi connectivity index (χ1v) is 6.06. The van der Waals surface area contributed by atoms with E-state index in [0.29, 0.717) is 11.9 Å². The second-order valence-electron chi connectivity index (χ2n) is 4.19. The molecule has 0 aromatic carbocycles. The van der Waals surface area contributed by atoms with Crippen LogP contribution in [0.4, 0.5) is 6.01 Å². The van der Waals surface area contributed by atoms with Gasteiger partial charge in [-0.1, -0.05) is 13.8 Å². The second kappa shape index (κ2) is 4.44. The monoisotopic (exact) mass is 228 g/mol. The van der Waals surface area contributed by atoms with E-state index in [1.54, 1.807) is 6.26 Å². The molecule has 0 radical (unpaired) electrons. The summed E-state index contributed by atoms with van der Waals surface area (Å²) in [5.41, 5.74) is 0.820. The first kappa shape index (κ1) is 10.8. The second-order valence-corrected chi connectivity index (χ2v) is 4.46. The number of hydrogen-bond donors (Lipinski definition) is 0. The first-order valence-electron chi connectivity index (χ1n) is 5.53. The first-order chi connectivity index (χ1) is 7.26. The number of aromatic nitrogens is 1. The normalized spacial score (nSPS) is 26.2. The SMILES string of the molecule is CCC1C(C)CCN1c1nc(CCl)co1. The summed E-state index contributed by atoms with van der Waals surface area (Å²) >= 11 is 5.70. The van der Waals surface area contributed by atoms with E-state index < -0.39 is 0 Å². The van der Waals surface area contributed by atoms with Crippen LogP contribution in [0, 0.1) is 5.92 Å². The summed E-state index contributed by atoms with van der Waals surface area (Å²) in [6.45, 7) is 5.55. The van der Waals surface area contributed by atoms with Crippen LogP contribution in [-0.2, 0) is 5.88 Å². The quantitative estimate of drug-likeness (QED) is 0.745. The van der Waals surface area contributed by atoms with Gasteiger partial charge in [-0.3, -0.25) is 0 Å². The van der Waals surface area contributed by atoms with Crippen LogP contribution < -0.4 is 4.90 Å². The number of oxazole rings is 1. The van der Waals surface area contributed by atoms with Crippen LogP contribution in [0.3, 0.4) is 0 Å². The molecule has 84 valence electrons. The number of alkyl halides is 1. The summed E-state index contributed by atoms with van der Waals surface area (Å²) in [5.74, 6) is 1.14. The number of halogens is 1. The van der Waals surface area contributed by atoms with E-state index in [0.717, 1.165) is 30.6 Å². The largest absolute Gasteiger partial charge is 0.432 e. The summed E-state index contributed by atoms with van der Waals surface area (Å²) < 4.78 is 5.45. The fourth-order valence-corrected chi connectivity index (χ4v) is 2.48. The van der Waals surface area contributed by atoms with Crippen LogP contribution in [0.2, 0.25) is 0 Å². The maximum absolute atomic E-state index is 5.70. The lowest BCUT2D eigenvalue weighted by Gasteiger charge is -2.23.